The summed E-state index contributed by atoms with van der Waals surface area (Å²) in [6.45, 7) is 0.205. The molecule has 1 aromatic heterocycles. The molecule has 2 rings (SSSR count). The lowest BCUT2D eigenvalue weighted by molar-refractivity contribution is 0.484. The normalized spacial score (nSPS) is 10.7. The topological polar surface area (TPSA) is 25.2 Å². The van der Waals surface area contributed by atoms with E-state index in [1.54, 1.807) is 17.8 Å². The smallest absolute Gasteiger partial charge is 0.161 e. The summed E-state index contributed by atoms with van der Waals surface area (Å²) in [5, 5.41) is 2.67. The zero-order valence-corrected chi connectivity index (χ0v) is 11.0. The third-order valence-electron chi connectivity index (χ3n) is 2.47. The number of thioether (sulfide) groups is 1. The average molecular weight is 287 g/mol. The van der Waals surface area contributed by atoms with Crippen LogP contribution in [0.2, 0.25) is 0 Å². The van der Waals surface area contributed by atoms with Crippen LogP contribution in [0.15, 0.2) is 28.7 Å². The van der Waals surface area contributed by atoms with Gasteiger partial charge in [0, 0.05) is 12.1 Å². The van der Waals surface area contributed by atoms with Crippen molar-refractivity contribution in [3.05, 3.63) is 53.2 Å². The van der Waals surface area contributed by atoms with Crippen molar-refractivity contribution in [2.45, 2.75) is 12.3 Å². The number of nitrogens with one attached hydrogen (secondary N) is 1. The van der Waals surface area contributed by atoms with Gasteiger partial charge >= 0.3 is 0 Å². The number of rotatable bonds is 5. The minimum Gasteiger partial charge on any atom is -0.463 e. The molecule has 0 radical (unpaired) electrons. The first-order valence-corrected chi connectivity index (χ1v) is 6.94. The molecule has 2 nitrogen and oxygen atoms in total. The molecule has 1 N–H and O–H groups in total. The summed E-state index contributed by atoms with van der Waals surface area (Å²) in [6, 6.07) is 4.89. The molecule has 0 bridgehead atoms. The van der Waals surface area contributed by atoms with E-state index in [9.17, 15) is 13.2 Å². The molecule has 0 atom stereocenters. The monoisotopic (exact) mass is 287 g/mol. The molecule has 0 fully saturated rings. The lowest BCUT2D eigenvalue weighted by atomic mass is 10.2. The van der Waals surface area contributed by atoms with Crippen molar-refractivity contribution in [3.8, 4) is 0 Å². The maximum Gasteiger partial charge on any atom is 0.161 e. The van der Waals surface area contributed by atoms with Crippen LogP contribution in [0.4, 0.5) is 18.9 Å². The van der Waals surface area contributed by atoms with Gasteiger partial charge in [-0.05, 0) is 18.4 Å². The average Bonchev–Trinajstić information content (AvgIpc) is 2.80. The van der Waals surface area contributed by atoms with Gasteiger partial charge in [0.1, 0.15) is 17.3 Å². The van der Waals surface area contributed by atoms with E-state index in [2.05, 4.69) is 5.32 Å². The highest BCUT2D eigenvalue weighted by molar-refractivity contribution is 7.97. The van der Waals surface area contributed by atoms with E-state index in [0.29, 0.717) is 11.8 Å². The zero-order chi connectivity index (χ0) is 13.8. The number of halogens is 3. The summed E-state index contributed by atoms with van der Waals surface area (Å²) in [6.07, 6.45) is 1.96. The zero-order valence-electron chi connectivity index (χ0n) is 10.2. The Labute approximate surface area is 113 Å². The van der Waals surface area contributed by atoms with E-state index in [1.807, 2.05) is 12.3 Å². The minimum atomic E-state index is -1.21. The molecular formula is C13H12F3NOS. The second kappa shape index (κ2) is 6.06. The molecule has 6 heteroatoms. The second-order valence-corrected chi connectivity index (χ2v) is 4.77. The quantitative estimate of drug-likeness (QED) is 0.835. The van der Waals surface area contributed by atoms with Crippen LogP contribution in [0.3, 0.4) is 0 Å². The summed E-state index contributed by atoms with van der Waals surface area (Å²) >= 11 is 1.62. The molecule has 0 aliphatic heterocycles. The highest BCUT2D eigenvalue weighted by Gasteiger charge is 2.10. The Balaban J connectivity index is 2.03. The lowest BCUT2D eigenvalue weighted by Gasteiger charge is -2.06. The molecule has 1 aromatic carbocycles. The standard InChI is InChI=1S/C13H12F3NOS/c1-19-7-9-3-2-8(18-9)6-17-13-5-11(15)10(14)4-12(13)16/h2-5,17H,6-7H2,1H3. The Kier molecular flexibility index (Phi) is 4.42. The Morgan fingerprint density at radius 2 is 1.74 bits per heavy atom. The lowest BCUT2D eigenvalue weighted by Crippen LogP contribution is -2.02. The van der Waals surface area contributed by atoms with Gasteiger partial charge in [-0.15, -0.1) is 0 Å². The molecule has 2 aromatic rings. The summed E-state index contributed by atoms with van der Waals surface area (Å²) in [5.41, 5.74) is -0.0956. The van der Waals surface area contributed by atoms with Crippen molar-refractivity contribution in [2.75, 3.05) is 11.6 Å². The molecule has 0 unspecified atom stereocenters. The fourth-order valence-corrected chi connectivity index (χ4v) is 2.02. The first-order valence-electron chi connectivity index (χ1n) is 5.55. The Morgan fingerprint density at radius 1 is 1.05 bits per heavy atom. The molecule has 102 valence electrons. The van der Waals surface area contributed by atoms with Gasteiger partial charge in [-0.3, -0.25) is 0 Å². The first-order chi connectivity index (χ1) is 9.10. The highest BCUT2D eigenvalue weighted by Crippen LogP contribution is 2.20. The van der Waals surface area contributed by atoms with Crippen LogP contribution in [0, 0.1) is 17.5 Å². The van der Waals surface area contributed by atoms with Gasteiger partial charge in [0.2, 0.25) is 0 Å². The van der Waals surface area contributed by atoms with Gasteiger partial charge in [0.05, 0.1) is 18.0 Å². The summed E-state index contributed by atoms with van der Waals surface area (Å²) < 4.78 is 44.6. The fourth-order valence-electron chi connectivity index (χ4n) is 1.58. The van der Waals surface area contributed by atoms with Crippen LogP contribution < -0.4 is 5.32 Å². The van der Waals surface area contributed by atoms with Crippen molar-refractivity contribution in [1.82, 2.24) is 0 Å². The number of hydrogen-bond donors (Lipinski definition) is 1. The van der Waals surface area contributed by atoms with E-state index in [4.69, 9.17) is 4.42 Å². The Morgan fingerprint density at radius 3 is 2.47 bits per heavy atom. The van der Waals surface area contributed by atoms with Crippen LogP contribution in [0.1, 0.15) is 11.5 Å². The number of hydrogen-bond acceptors (Lipinski definition) is 3. The number of anilines is 1. The van der Waals surface area contributed by atoms with Crippen molar-refractivity contribution in [1.29, 1.82) is 0 Å². The molecule has 0 saturated heterocycles. The van der Waals surface area contributed by atoms with Gasteiger partial charge in [0.15, 0.2) is 11.6 Å². The van der Waals surface area contributed by atoms with Crippen LogP contribution in [-0.4, -0.2) is 6.26 Å². The second-order valence-electron chi connectivity index (χ2n) is 3.90. The van der Waals surface area contributed by atoms with Gasteiger partial charge in [-0.25, -0.2) is 13.2 Å². The van der Waals surface area contributed by atoms with Gasteiger partial charge in [-0.1, -0.05) is 0 Å². The number of furan rings is 1. The molecule has 0 saturated carbocycles. The van der Waals surface area contributed by atoms with E-state index >= 15 is 0 Å². The van der Waals surface area contributed by atoms with Crippen molar-refractivity contribution < 1.29 is 17.6 Å². The molecule has 0 aliphatic carbocycles. The summed E-state index contributed by atoms with van der Waals surface area (Å²) in [7, 11) is 0. The summed E-state index contributed by atoms with van der Waals surface area (Å²) in [4.78, 5) is 0. The van der Waals surface area contributed by atoms with Gasteiger partial charge < -0.3 is 9.73 Å². The maximum absolute atomic E-state index is 13.4. The van der Waals surface area contributed by atoms with Crippen LogP contribution >= 0.6 is 11.8 Å². The fraction of sp³-hybridized carbons (Fsp3) is 0.231. The predicted octanol–water partition coefficient (Wildman–Crippen LogP) is 4.17. The molecule has 19 heavy (non-hydrogen) atoms. The Bertz CT molecular complexity index is 571. The van der Waals surface area contributed by atoms with E-state index in [-0.39, 0.29) is 12.2 Å². The van der Waals surface area contributed by atoms with Crippen molar-refractivity contribution in [2.24, 2.45) is 0 Å². The third-order valence-corrected chi connectivity index (χ3v) is 3.04. The number of benzene rings is 1. The van der Waals surface area contributed by atoms with Gasteiger partial charge in [-0.2, -0.15) is 11.8 Å². The van der Waals surface area contributed by atoms with Crippen LogP contribution in [0.5, 0.6) is 0 Å². The predicted molar refractivity (Wildman–Crippen MR) is 69.6 cm³/mol. The third kappa shape index (κ3) is 3.47. The van der Waals surface area contributed by atoms with Crippen LogP contribution in [-0.2, 0) is 12.3 Å². The molecule has 0 spiro atoms. The Hall–Kier alpha value is -1.56. The van der Waals surface area contributed by atoms with E-state index in [0.717, 1.165) is 17.6 Å². The highest BCUT2D eigenvalue weighted by atomic mass is 32.2. The van der Waals surface area contributed by atoms with Gasteiger partial charge in [0.25, 0.3) is 0 Å². The van der Waals surface area contributed by atoms with Crippen molar-refractivity contribution in [3.63, 3.8) is 0 Å². The van der Waals surface area contributed by atoms with Crippen molar-refractivity contribution >= 4 is 17.4 Å². The molecule has 0 aliphatic rings. The largest absolute Gasteiger partial charge is 0.463 e. The van der Waals surface area contributed by atoms with Crippen LogP contribution in [0.25, 0.3) is 0 Å². The van der Waals surface area contributed by atoms with E-state index < -0.39 is 17.5 Å². The minimum absolute atomic E-state index is 0.0956. The first kappa shape index (κ1) is 13.9. The molecule has 1 heterocycles. The van der Waals surface area contributed by atoms with E-state index in [1.165, 1.54) is 0 Å². The molecule has 0 amide bonds. The SMILES string of the molecule is CSCc1ccc(CNc2cc(F)c(F)cc2F)o1. The maximum atomic E-state index is 13.4. The summed E-state index contributed by atoms with van der Waals surface area (Å²) in [5.74, 6) is -0.965. The molecular weight excluding hydrogens is 275 g/mol.